The Morgan fingerprint density at radius 2 is 1.95 bits per heavy atom. The molecule has 0 fully saturated rings. The van der Waals surface area contributed by atoms with Crippen molar-refractivity contribution in [2.75, 3.05) is 7.11 Å². The number of phenols is 1. The summed E-state index contributed by atoms with van der Waals surface area (Å²) in [6, 6.07) is 11.1. The monoisotopic (exact) mass is 431 g/mol. The zero-order chi connectivity index (χ0) is 13.8. The third-order valence-electron chi connectivity index (χ3n) is 2.48. The number of rotatable bonds is 3. The number of hydrogen-bond acceptors (Lipinski definition) is 3. The molecule has 0 aliphatic heterocycles. The molecule has 0 heterocycles. The van der Waals surface area contributed by atoms with E-state index in [1.807, 2.05) is 36.4 Å². The molecule has 98 valence electrons. The second-order valence-corrected chi connectivity index (χ2v) is 5.86. The van der Waals surface area contributed by atoms with Gasteiger partial charge >= 0.3 is 0 Å². The van der Waals surface area contributed by atoms with E-state index >= 15 is 0 Å². The van der Waals surface area contributed by atoms with Gasteiger partial charge in [0.2, 0.25) is 0 Å². The Balaban J connectivity index is 2.27. The molecule has 19 heavy (non-hydrogen) atoms. The normalized spacial score (nSPS) is 10.9. The van der Waals surface area contributed by atoms with Gasteiger partial charge in [0.15, 0.2) is 0 Å². The predicted octanol–water partition coefficient (Wildman–Crippen LogP) is 4.52. The van der Waals surface area contributed by atoms with Crippen LogP contribution in [0.3, 0.4) is 0 Å². The third kappa shape index (κ3) is 3.70. The number of nitrogens with zero attached hydrogens (tertiary/aromatic N) is 1. The van der Waals surface area contributed by atoms with Crippen molar-refractivity contribution >= 4 is 50.4 Å². The van der Waals surface area contributed by atoms with Crippen LogP contribution in [-0.2, 0) is 0 Å². The van der Waals surface area contributed by atoms with Crippen LogP contribution in [-0.4, -0.2) is 18.4 Å². The molecule has 1 N–H and O–H groups in total. The number of methoxy groups -OCH3 is 1. The Bertz CT molecular complexity index is 612. The van der Waals surface area contributed by atoms with Crippen molar-refractivity contribution in [3.8, 4) is 11.5 Å². The smallest absolute Gasteiger partial charge is 0.137 e. The van der Waals surface area contributed by atoms with Gasteiger partial charge in [-0.3, -0.25) is 4.99 Å². The summed E-state index contributed by atoms with van der Waals surface area (Å²) in [6.07, 6.45) is 1.64. The molecule has 0 saturated carbocycles. The summed E-state index contributed by atoms with van der Waals surface area (Å²) in [5, 5.41) is 9.94. The molecule has 0 radical (unpaired) electrons. The summed E-state index contributed by atoms with van der Waals surface area (Å²) >= 11 is 5.48. The number of halogens is 2. The molecule has 0 spiro atoms. The minimum absolute atomic E-state index is 0.237. The fourth-order valence-electron chi connectivity index (χ4n) is 1.50. The Labute approximate surface area is 133 Å². The van der Waals surface area contributed by atoms with Gasteiger partial charge in [-0.1, -0.05) is 15.9 Å². The SMILES string of the molecule is COc1ccc(N=Cc2cc(Br)cc(I)c2O)cc1. The molecule has 2 aromatic rings. The molecule has 3 nitrogen and oxygen atoms in total. The molecular weight excluding hydrogens is 421 g/mol. The molecule has 0 saturated heterocycles. The number of ether oxygens (including phenoxy) is 1. The van der Waals surface area contributed by atoms with Crippen LogP contribution in [0.25, 0.3) is 0 Å². The summed E-state index contributed by atoms with van der Waals surface area (Å²) in [5.41, 5.74) is 1.48. The summed E-state index contributed by atoms with van der Waals surface area (Å²) in [4.78, 5) is 4.33. The molecule has 2 aromatic carbocycles. The maximum Gasteiger partial charge on any atom is 0.137 e. The average molecular weight is 432 g/mol. The fraction of sp³-hybridized carbons (Fsp3) is 0.0714. The highest BCUT2D eigenvalue weighted by Crippen LogP contribution is 2.28. The van der Waals surface area contributed by atoms with E-state index in [4.69, 9.17) is 4.74 Å². The van der Waals surface area contributed by atoms with Crippen molar-refractivity contribution in [3.63, 3.8) is 0 Å². The van der Waals surface area contributed by atoms with Gasteiger partial charge in [-0.2, -0.15) is 0 Å². The molecule has 0 aliphatic rings. The minimum Gasteiger partial charge on any atom is -0.506 e. The van der Waals surface area contributed by atoms with Crippen LogP contribution in [0.4, 0.5) is 5.69 Å². The molecule has 0 amide bonds. The summed E-state index contributed by atoms with van der Waals surface area (Å²) in [7, 11) is 1.62. The first kappa shape index (κ1) is 14.3. The second kappa shape index (κ2) is 6.38. The first-order valence-electron chi connectivity index (χ1n) is 5.46. The number of hydrogen-bond donors (Lipinski definition) is 1. The van der Waals surface area contributed by atoms with Gasteiger partial charge in [-0.05, 0) is 59.0 Å². The molecule has 0 unspecified atom stereocenters. The number of phenolic OH excluding ortho intramolecular Hbond substituents is 1. The van der Waals surface area contributed by atoms with Crippen LogP contribution in [0, 0.1) is 3.57 Å². The van der Waals surface area contributed by atoms with E-state index in [-0.39, 0.29) is 5.75 Å². The van der Waals surface area contributed by atoms with E-state index in [9.17, 15) is 5.11 Å². The van der Waals surface area contributed by atoms with Crippen LogP contribution in [0.5, 0.6) is 11.5 Å². The van der Waals surface area contributed by atoms with Gasteiger partial charge in [0.1, 0.15) is 11.5 Å². The van der Waals surface area contributed by atoms with Crippen molar-refractivity contribution in [3.05, 3.63) is 50.0 Å². The minimum atomic E-state index is 0.237. The van der Waals surface area contributed by atoms with Crippen LogP contribution in [0.2, 0.25) is 0 Å². The van der Waals surface area contributed by atoms with Gasteiger partial charge in [0, 0.05) is 16.3 Å². The lowest BCUT2D eigenvalue weighted by molar-refractivity contribution is 0.415. The van der Waals surface area contributed by atoms with Gasteiger partial charge in [-0.25, -0.2) is 0 Å². The topological polar surface area (TPSA) is 41.8 Å². The van der Waals surface area contributed by atoms with E-state index in [0.29, 0.717) is 5.56 Å². The zero-order valence-electron chi connectivity index (χ0n) is 10.1. The predicted molar refractivity (Wildman–Crippen MR) is 88.8 cm³/mol. The van der Waals surface area contributed by atoms with Crippen molar-refractivity contribution in [1.29, 1.82) is 0 Å². The van der Waals surface area contributed by atoms with Crippen LogP contribution < -0.4 is 4.74 Å². The number of aliphatic imine (C=N–C) groups is 1. The maximum absolute atomic E-state index is 9.94. The second-order valence-electron chi connectivity index (χ2n) is 3.78. The van der Waals surface area contributed by atoms with E-state index in [0.717, 1.165) is 19.5 Å². The van der Waals surface area contributed by atoms with Crippen molar-refractivity contribution in [2.45, 2.75) is 0 Å². The van der Waals surface area contributed by atoms with E-state index < -0.39 is 0 Å². The molecule has 2 rings (SSSR count). The average Bonchev–Trinajstić information content (AvgIpc) is 2.41. The molecule has 0 atom stereocenters. The largest absolute Gasteiger partial charge is 0.506 e. The standard InChI is InChI=1S/C14H11BrINO2/c1-19-12-4-2-11(3-5-12)17-8-9-6-10(15)7-13(16)14(9)18/h2-8,18H,1H3. The van der Waals surface area contributed by atoms with Crippen LogP contribution in [0.15, 0.2) is 45.9 Å². The lowest BCUT2D eigenvalue weighted by atomic mass is 10.2. The molecular formula is C14H11BrINO2. The Hall–Kier alpha value is -1.08. The fourth-order valence-corrected chi connectivity index (χ4v) is 3.05. The Kier molecular flexibility index (Phi) is 4.81. The lowest BCUT2D eigenvalue weighted by Crippen LogP contribution is -1.86. The van der Waals surface area contributed by atoms with Gasteiger partial charge < -0.3 is 9.84 Å². The highest BCUT2D eigenvalue weighted by molar-refractivity contribution is 14.1. The van der Waals surface area contributed by atoms with Crippen molar-refractivity contribution < 1.29 is 9.84 Å². The van der Waals surface area contributed by atoms with E-state index in [2.05, 4.69) is 43.5 Å². The summed E-state index contributed by atoms with van der Waals surface area (Å²) in [5.74, 6) is 1.03. The molecule has 0 aromatic heterocycles. The Morgan fingerprint density at radius 1 is 1.26 bits per heavy atom. The first-order chi connectivity index (χ1) is 9.10. The van der Waals surface area contributed by atoms with Crippen molar-refractivity contribution in [2.24, 2.45) is 4.99 Å². The Morgan fingerprint density at radius 3 is 2.58 bits per heavy atom. The van der Waals surface area contributed by atoms with Crippen molar-refractivity contribution in [1.82, 2.24) is 0 Å². The zero-order valence-corrected chi connectivity index (χ0v) is 13.8. The summed E-state index contributed by atoms with van der Waals surface area (Å²) < 4.78 is 6.77. The van der Waals surface area contributed by atoms with E-state index in [1.54, 1.807) is 13.3 Å². The maximum atomic E-state index is 9.94. The number of aromatic hydroxyl groups is 1. The molecule has 0 bridgehead atoms. The quantitative estimate of drug-likeness (QED) is 0.573. The van der Waals surface area contributed by atoms with Gasteiger partial charge in [0.05, 0.1) is 16.4 Å². The summed E-state index contributed by atoms with van der Waals surface area (Å²) in [6.45, 7) is 0. The van der Waals surface area contributed by atoms with Crippen LogP contribution in [0.1, 0.15) is 5.56 Å². The number of benzene rings is 2. The molecule has 0 aliphatic carbocycles. The van der Waals surface area contributed by atoms with Crippen LogP contribution >= 0.6 is 38.5 Å². The van der Waals surface area contributed by atoms with Gasteiger partial charge in [-0.15, -0.1) is 0 Å². The molecule has 5 heteroatoms. The highest BCUT2D eigenvalue weighted by atomic mass is 127. The van der Waals surface area contributed by atoms with Gasteiger partial charge in [0.25, 0.3) is 0 Å². The lowest BCUT2D eigenvalue weighted by Gasteiger charge is -2.03. The third-order valence-corrected chi connectivity index (χ3v) is 3.76. The van der Waals surface area contributed by atoms with E-state index in [1.165, 1.54) is 0 Å². The first-order valence-corrected chi connectivity index (χ1v) is 7.33. The highest BCUT2D eigenvalue weighted by Gasteiger charge is 2.05.